The van der Waals surface area contributed by atoms with Gasteiger partial charge in [-0.05, 0) is 26.0 Å². The second-order valence-electron chi connectivity index (χ2n) is 5.32. The summed E-state index contributed by atoms with van der Waals surface area (Å²) >= 11 is 1.62. The zero-order chi connectivity index (χ0) is 15.3. The number of hydrogen-bond donors (Lipinski definition) is 0. The largest absolute Gasteiger partial charge is 0.376 e. The lowest BCUT2D eigenvalue weighted by atomic mass is 9.89. The Labute approximate surface area is 130 Å². The van der Waals surface area contributed by atoms with Gasteiger partial charge >= 0.3 is 0 Å². The highest BCUT2D eigenvalue weighted by Crippen LogP contribution is 2.39. The van der Waals surface area contributed by atoms with E-state index >= 15 is 0 Å². The van der Waals surface area contributed by atoms with Crippen LogP contribution in [0.2, 0.25) is 0 Å². The molecule has 0 spiro atoms. The lowest BCUT2D eigenvalue weighted by Crippen LogP contribution is -2.56. The Morgan fingerprint density at radius 3 is 3.00 bits per heavy atom. The third-order valence-corrected chi connectivity index (χ3v) is 4.74. The minimum Gasteiger partial charge on any atom is -0.376 e. The summed E-state index contributed by atoms with van der Waals surface area (Å²) < 4.78 is 17.7. The first-order valence-electron chi connectivity index (χ1n) is 7.10. The molecular formula is C16H23NO3S. The van der Waals surface area contributed by atoms with Crippen molar-refractivity contribution in [1.29, 1.82) is 0 Å². The van der Waals surface area contributed by atoms with Gasteiger partial charge in [-0.3, -0.25) is 0 Å². The Hall–Kier alpha value is -0.880. The summed E-state index contributed by atoms with van der Waals surface area (Å²) in [6.45, 7) is 8.29. The van der Waals surface area contributed by atoms with Gasteiger partial charge in [0, 0.05) is 19.7 Å². The monoisotopic (exact) mass is 309 g/mol. The van der Waals surface area contributed by atoms with E-state index in [1.165, 1.54) is 0 Å². The molecule has 0 amide bonds. The maximum absolute atomic E-state index is 6.08. The summed E-state index contributed by atoms with van der Waals surface area (Å²) in [6, 6.07) is 5.88. The van der Waals surface area contributed by atoms with E-state index in [0.717, 1.165) is 11.4 Å². The predicted octanol–water partition coefficient (Wildman–Crippen LogP) is 3.28. The molecule has 21 heavy (non-hydrogen) atoms. The molecule has 0 aromatic carbocycles. The summed E-state index contributed by atoms with van der Waals surface area (Å²) in [5.74, 6) is 0. The zero-order valence-electron chi connectivity index (χ0n) is 12.8. The Morgan fingerprint density at radius 1 is 1.57 bits per heavy atom. The lowest BCUT2D eigenvalue weighted by Gasteiger charge is -2.46. The number of methoxy groups -OCH3 is 1. The fourth-order valence-electron chi connectivity index (χ4n) is 2.61. The van der Waals surface area contributed by atoms with Crippen LogP contribution in [0.5, 0.6) is 0 Å². The summed E-state index contributed by atoms with van der Waals surface area (Å²) in [5, 5.41) is 0.957. The van der Waals surface area contributed by atoms with Crippen molar-refractivity contribution in [3.05, 3.63) is 37.1 Å². The Kier molecular flexibility index (Phi) is 5.81. The summed E-state index contributed by atoms with van der Waals surface area (Å²) in [5.41, 5.74) is -0.379. The van der Waals surface area contributed by atoms with Crippen LogP contribution in [-0.2, 0) is 14.2 Å². The third-order valence-electron chi connectivity index (χ3n) is 3.72. The van der Waals surface area contributed by atoms with Crippen molar-refractivity contribution in [3.8, 4) is 0 Å². The third kappa shape index (κ3) is 4.07. The number of ether oxygens (including phenoxy) is 3. The molecule has 5 heteroatoms. The van der Waals surface area contributed by atoms with E-state index in [1.807, 2.05) is 25.1 Å². The fourth-order valence-corrected chi connectivity index (χ4v) is 3.80. The van der Waals surface area contributed by atoms with E-state index < -0.39 is 0 Å². The molecule has 4 nitrogen and oxygen atoms in total. The number of hydrogen-bond acceptors (Lipinski definition) is 5. The molecule has 1 saturated heterocycles. The normalized spacial score (nSPS) is 32.8. The van der Waals surface area contributed by atoms with Gasteiger partial charge in [-0.2, -0.15) is 0 Å². The highest BCUT2D eigenvalue weighted by atomic mass is 32.2. The number of rotatable bonds is 6. The summed E-state index contributed by atoms with van der Waals surface area (Å²) in [7, 11) is 1.73. The smallest absolute Gasteiger partial charge is 0.113 e. The quantitative estimate of drug-likeness (QED) is 0.754. The molecule has 1 aliphatic heterocycles. The highest BCUT2D eigenvalue weighted by molar-refractivity contribution is 7.99. The maximum atomic E-state index is 6.08. The van der Waals surface area contributed by atoms with Crippen LogP contribution in [0.25, 0.3) is 0 Å². The van der Waals surface area contributed by atoms with Crippen LogP contribution in [0, 0.1) is 0 Å². The predicted molar refractivity (Wildman–Crippen MR) is 84.4 cm³/mol. The van der Waals surface area contributed by atoms with E-state index in [9.17, 15) is 0 Å². The molecule has 2 heterocycles. The van der Waals surface area contributed by atoms with Gasteiger partial charge in [-0.25, -0.2) is 4.98 Å². The minimum atomic E-state index is -0.382. The molecule has 0 saturated carbocycles. The van der Waals surface area contributed by atoms with Crippen molar-refractivity contribution >= 4 is 11.8 Å². The van der Waals surface area contributed by atoms with Crippen LogP contribution in [0.4, 0.5) is 0 Å². The second-order valence-corrected chi connectivity index (χ2v) is 6.50. The van der Waals surface area contributed by atoms with Crippen molar-refractivity contribution in [2.75, 3.05) is 13.7 Å². The van der Waals surface area contributed by atoms with E-state index in [1.54, 1.807) is 31.1 Å². The first kappa shape index (κ1) is 16.5. The number of aromatic nitrogens is 1. The molecule has 1 aromatic heterocycles. The molecule has 0 N–H and O–H groups in total. The Bertz CT molecular complexity index is 456. The van der Waals surface area contributed by atoms with Gasteiger partial charge < -0.3 is 14.2 Å². The van der Waals surface area contributed by atoms with Gasteiger partial charge in [0.2, 0.25) is 0 Å². The lowest BCUT2D eigenvalue weighted by molar-refractivity contribution is -0.211. The molecule has 1 aromatic rings. The van der Waals surface area contributed by atoms with Gasteiger partial charge in [0.1, 0.15) is 11.5 Å². The van der Waals surface area contributed by atoms with Crippen LogP contribution in [0.3, 0.4) is 0 Å². The number of nitrogens with zero attached hydrogens (tertiary/aromatic N) is 1. The number of thioether (sulfide) groups is 1. The topological polar surface area (TPSA) is 40.6 Å². The second kappa shape index (κ2) is 7.40. The van der Waals surface area contributed by atoms with Crippen LogP contribution in [-0.4, -0.2) is 41.9 Å². The average Bonchev–Trinajstić information content (AvgIpc) is 2.47. The SMILES string of the molecule is C=CCO[C@H]1[C@H](C)O[C@H](Sc2ccccn2)C[C@@]1(C)OC. The summed E-state index contributed by atoms with van der Waals surface area (Å²) in [6.07, 6.45) is 4.13. The Morgan fingerprint density at radius 2 is 2.38 bits per heavy atom. The van der Waals surface area contributed by atoms with Crippen molar-refractivity contribution in [1.82, 2.24) is 4.98 Å². The van der Waals surface area contributed by atoms with Gasteiger partial charge in [-0.15, -0.1) is 6.58 Å². The van der Waals surface area contributed by atoms with E-state index in [2.05, 4.69) is 18.5 Å². The van der Waals surface area contributed by atoms with Crippen molar-refractivity contribution in [3.63, 3.8) is 0 Å². The zero-order valence-corrected chi connectivity index (χ0v) is 13.6. The van der Waals surface area contributed by atoms with Gasteiger partial charge in [0.15, 0.2) is 0 Å². The molecule has 116 valence electrons. The van der Waals surface area contributed by atoms with Crippen molar-refractivity contribution in [2.24, 2.45) is 0 Å². The van der Waals surface area contributed by atoms with Crippen molar-refractivity contribution < 1.29 is 14.2 Å². The highest BCUT2D eigenvalue weighted by Gasteiger charge is 2.46. The molecule has 0 unspecified atom stereocenters. The van der Waals surface area contributed by atoms with E-state index in [4.69, 9.17) is 14.2 Å². The Balaban J connectivity index is 2.07. The number of pyridine rings is 1. The molecule has 1 fully saturated rings. The molecular weight excluding hydrogens is 286 g/mol. The maximum Gasteiger partial charge on any atom is 0.113 e. The first-order valence-corrected chi connectivity index (χ1v) is 7.98. The first-order chi connectivity index (χ1) is 10.1. The van der Waals surface area contributed by atoms with E-state index in [-0.39, 0.29) is 23.2 Å². The minimum absolute atomic E-state index is 0.00318. The molecule has 0 aliphatic carbocycles. The van der Waals surface area contributed by atoms with Gasteiger partial charge in [-0.1, -0.05) is 23.9 Å². The fraction of sp³-hybridized carbons (Fsp3) is 0.562. The van der Waals surface area contributed by atoms with Crippen LogP contribution in [0.15, 0.2) is 42.1 Å². The summed E-state index contributed by atoms with van der Waals surface area (Å²) in [4.78, 5) is 4.34. The van der Waals surface area contributed by atoms with E-state index in [0.29, 0.717) is 6.61 Å². The molecule has 0 radical (unpaired) electrons. The van der Waals surface area contributed by atoms with Crippen LogP contribution in [0.1, 0.15) is 20.3 Å². The molecule has 2 rings (SSSR count). The standard InChI is InChI=1S/C16H23NO3S/c1-5-10-19-15-12(2)20-14(11-16(15,3)18-4)21-13-8-6-7-9-17-13/h5-9,12,14-15H,1,10-11H2,2-4H3/t12-,14+,15-,16+/m0/s1. The van der Waals surface area contributed by atoms with Gasteiger partial charge in [0.05, 0.1) is 23.3 Å². The van der Waals surface area contributed by atoms with Crippen LogP contribution < -0.4 is 0 Å². The average molecular weight is 309 g/mol. The molecule has 1 aliphatic rings. The van der Waals surface area contributed by atoms with Crippen LogP contribution >= 0.6 is 11.8 Å². The molecule has 4 atom stereocenters. The molecule has 0 bridgehead atoms. The van der Waals surface area contributed by atoms with Gasteiger partial charge in [0.25, 0.3) is 0 Å². The van der Waals surface area contributed by atoms with Crippen molar-refractivity contribution in [2.45, 2.75) is 48.5 Å².